The first-order valence-corrected chi connectivity index (χ1v) is 9.93. The summed E-state index contributed by atoms with van der Waals surface area (Å²) in [5.74, 6) is -0.644. The molecule has 0 spiro atoms. The summed E-state index contributed by atoms with van der Waals surface area (Å²) in [6.07, 6.45) is 2.74. The Balaban J connectivity index is 1.59. The van der Waals surface area contributed by atoms with Crippen molar-refractivity contribution < 1.29 is 9.18 Å². The van der Waals surface area contributed by atoms with Crippen molar-refractivity contribution in [1.82, 2.24) is 19.3 Å². The molecule has 1 N–H and O–H groups in total. The first kappa shape index (κ1) is 20.5. The standard InChI is InChI=1S/C23H22FN5O2/c1-14(2)16-5-7-17(8-6-16)29-22-18(11-26-29)23(31)28(13-25-22)12-21(30)27-20-9-4-15(3)10-19(20)24/h4-11,13-14H,12H2,1-3H3,(H,27,30). The number of hydrogen-bond acceptors (Lipinski definition) is 4. The van der Waals surface area contributed by atoms with Gasteiger partial charge in [0.05, 0.1) is 17.6 Å². The van der Waals surface area contributed by atoms with Crippen molar-refractivity contribution in [3.8, 4) is 5.69 Å². The summed E-state index contributed by atoms with van der Waals surface area (Å²) in [5, 5.41) is 7.08. The van der Waals surface area contributed by atoms with E-state index in [-0.39, 0.29) is 12.2 Å². The smallest absolute Gasteiger partial charge is 0.264 e. The quantitative estimate of drug-likeness (QED) is 0.534. The van der Waals surface area contributed by atoms with Crippen molar-refractivity contribution in [2.75, 3.05) is 5.32 Å². The zero-order valence-electron chi connectivity index (χ0n) is 17.5. The van der Waals surface area contributed by atoms with E-state index >= 15 is 0 Å². The van der Waals surface area contributed by atoms with Gasteiger partial charge in [0.15, 0.2) is 5.65 Å². The van der Waals surface area contributed by atoms with Crippen LogP contribution in [-0.2, 0) is 11.3 Å². The predicted octanol–water partition coefficient (Wildman–Crippen LogP) is 3.79. The summed E-state index contributed by atoms with van der Waals surface area (Å²) in [5.41, 5.74) is 2.81. The SMILES string of the molecule is Cc1ccc(NC(=O)Cn2cnc3c(cnn3-c3ccc(C(C)C)cc3)c2=O)c(F)c1. The van der Waals surface area contributed by atoms with Crippen LogP contribution in [0.4, 0.5) is 10.1 Å². The molecule has 0 aliphatic carbocycles. The van der Waals surface area contributed by atoms with Crippen LogP contribution in [0.25, 0.3) is 16.7 Å². The van der Waals surface area contributed by atoms with E-state index in [0.717, 1.165) is 11.3 Å². The zero-order valence-corrected chi connectivity index (χ0v) is 17.5. The van der Waals surface area contributed by atoms with Gasteiger partial charge in [-0.25, -0.2) is 14.1 Å². The Morgan fingerprint density at radius 2 is 1.90 bits per heavy atom. The van der Waals surface area contributed by atoms with E-state index in [1.54, 1.807) is 17.7 Å². The number of aryl methyl sites for hydroxylation is 1. The summed E-state index contributed by atoms with van der Waals surface area (Å²) in [6, 6.07) is 12.4. The molecular formula is C23H22FN5O2. The van der Waals surface area contributed by atoms with Crippen LogP contribution >= 0.6 is 0 Å². The Morgan fingerprint density at radius 3 is 2.58 bits per heavy atom. The van der Waals surface area contributed by atoms with Gasteiger partial charge in [0.1, 0.15) is 24.1 Å². The largest absolute Gasteiger partial charge is 0.322 e. The van der Waals surface area contributed by atoms with Crippen molar-refractivity contribution in [2.45, 2.75) is 33.2 Å². The molecule has 0 aliphatic rings. The predicted molar refractivity (Wildman–Crippen MR) is 117 cm³/mol. The number of carbonyl (C=O) groups excluding carboxylic acids is 1. The number of aromatic nitrogens is 4. The lowest BCUT2D eigenvalue weighted by Gasteiger charge is -2.09. The molecule has 0 unspecified atom stereocenters. The maximum absolute atomic E-state index is 14.0. The second kappa shape index (κ2) is 8.14. The molecule has 0 atom stereocenters. The Hall–Kier alpha value is -3.81. The topological polar surface area (TPSA) is 81.8 Å². The van der Waals surface area contributed by atoms with Crippen LogP contribution in [0.5, 0.6) is 0 Å². The van der Waals surface area contributed by atoms with E-state index in [4.69, 9.17) is 0 Å². The van der Waals surface area contributed by atoms with Gasteiger partial charge in [0.2, 0.25) is 5.91 Å². The van der Waals surface area contributed by atoms with Gasteiger partial charge in [-0.1, -0.05) is 32.0 Å². The summed E-state index contributed by atoms with van der Waals surface area (Å²) < 4.78 is 16.7. The number of nitrogens with zero attached hydrogens (tertiary/aromatic N) is 4. The average Bonchev–Trinajstić information content (AvgIpc) is 3.17. The summed E-state index contributed by atoms with van der Waals surface area (Å²) in [4.78, 5) is 29.5. The van der Waals surface area contributed by atoms with Gasteiger partial charge in [-0.2, -0.15) is 5.10 Å². The second-order valence-electron chi connectivity index (χ2n) is 7.75. The van der Waals surface area contributed by atoms with Crippen molar-refractivity contribution in [2.24, 2.45) is 0 Å². The summed E-state index contributed by atoms with van der Waals surface area (Å²) >= 11 is 0. The molecule has 0 bridgehead atoms. The van der Waals surface area contributed by atoms with E-state index in [1.807, 2.05) is 24.3 Å². The fraction of sp³-hybridized carbons (Fsp3) is 0.217. The highest BCUT2D eigenvalue weighted by Gasteiger charge is 2.14. The number of amides is 1. The van der Waals surface area contributed by atoms with E-state index in [1.165, 1.54) is 34.8 Å². The number of hydrogen-bond donors (Lipinski definition) is 1. The molecule has 4 aromatic rings. The van der Waals surface area contributed by atoms with Gasteiger partial charge in [0, 0.05) is 0 Å². The lowest BCUT2D eigenvalue weighted by atomic mass is 10.0. The fourth-order valence-corrected chi connectivity index (χ4v) is 3.32. The molecule has 158 valence electrons. The highest BCUT2D eigenvalue weighted by atomic mass is 19.1. The summed E-state index contributed by atoms with van der Waals surface area (Å²) in [7, 11) is 0. The number of benzene rings is 2. The Labute approximate surface area is 178 Å². The van der Waals surface area contributed by atoms with Crippen molar-refractivity contribution in [3.05, 3.63) is 82.3 Å². The number of carbonyl (C=O) groups is 1. The van der Waals surface area contributed by atoms with Crippen LogP contribution in [-0.4, -0.2) is 25.2 Å². The van der Waals surface area contributed by atoms with Gasteiger partial charge < -0.3 is 5.32 Å². The lowest BCUT2D eigenvalue weighted by Crippen LogP contribution is -2.28. The molecule has 7 nitrogen and oxygen atoms in total. The average molecular weight is 419 g/mol. The second-order valence-corrected chi connectivity index (χ2v) is 7.75. The third-order valence-electron chi connectivity index (χ3n) is 5.07. The van der Waals surface area contributed by atoms with Gasteiger partial charge in [-0.05, 0) is 48.2 Å². The third-order valence-corrected chi connectivity index (χ3v) is 5.07. The van der Waals surface area contributed by atoms with Crippen molar-refractivity contribution in [3.63, 3.8) is 0 Å². The maximum Gasteiger partial charge on any atom is 0.264 e. The van der Waals surface area contributed by atoms with Crippen LogP contribution in [0.2, 0.25) is 0 Å². The molecule has 0 saturated carbocycles. The number of rotatable bonds is 5. The van der Waals surface area contributed by atoms with Gasteiger partial charge >= 0.3 is 0 Å². The Bertz CT molecular complexity index is 1320. The van der Waals surface area contributed by atoms with Gasteiger partial charge in [0.25, 0.3) is 5.56 Å². The fourth-order valence-electron chi connectivity index (χ4n) is 3.32. The normalized spacial score (nSPS) is 11.3. The number of fused-ring (bicyclic) bond motifs is 1. The monoisotopic (exact) mass is 419 g/mol. The molecule has 4 rings (SSSR count). The van der Waals surface area contributed by atoms with E-state index in [0.29, 0.717) is 17.0 Å². The van der Waals surface area contributed by atoms with E-state index in [2.05, 4.69) is 29.2 Å². The highest BCUT2D eigenvalue weighted by Crippen LogP contribution is 2.19. The molecule has 0 radical (unpaired) electrons. The first-order chi connectivity index (χ1) is 14.8. The molecule has 2 aromatic carbocycles. The minimum atomic E-state index is -0.529. The molecule has 2 heterocycles. The molecule has 0 aliphatic heterocycles. The minimum Gasteiger partial charge on any atom is -0.322 e. The minimum absolute atomic E-state index is 0.0651. The van der Waals surface area contributed by atoms with Gasteiger partial charge in [-0.15, -0.1) is 0 Å². The van der Waals surface area contributed by atoms with Crippen LogP contribution in [0.1, 0.15) is 30.9 Å². The number of anilines is 1. The van der Waals surface area contributed by atoms with Crippen LogP contribution < -0.4 is 10.9 Å². The Morgan fingerprint density at radius 1 is 1.16 bits per heavy atom. The van der Waals surface area contributed by atoms with Crippen molar-refractivity contribution in [1.29, 1.82) is 0 Å². The first-order valence-electron chi connectivity index (χ1n) is 9.93. The van der Waals surface area contributed by atoms with Gasteiger partial charge in [-0.3, -0.25) is 14.2 Å². The van der Waals surface area contributed by atoms with Crippen molar-refractivity contribution >= 4 is 22.6 Å². The lowest BCUT2D eigenvalue weighted by molar-refractivity contribution is -0.116. The zero-order chi connectivity index (χ0) is 22.1. The molecule has 8 heteroatoms. The molecule has 0 fully saturated rings. The highest BCUT2D eigenvalue weighted by molar-refractivity contribution is 5.90. The van der Waals surface area contributed by atoms with Crippen LogP contribution in [0.15, 0.2) is 59.8 Å². The maximum atomic E-state index is 14.0. The third kappa shape index (κ3) is 4.09. The molecular weight excluding hydrogens is 397 g/mol. The Kier molecular flexibility index (Phi) is 5.37. The van der Waals surface area contributed by atoms with Crippen LogP contribution in [0.3, 0.4) is 0 Å². The van der Waals surface area contributed by atoms with E-state index < -0.39 is 17.3 Å². The number of nitrogens with one attached hydrogen (secondary N) is 1. The number of halogens is 1. The van der Waals surface area contributed by atoms with Crippen LogP contribution in [0, 0.1) is 12.7 Å². The molecule has 2 aromatic heterocycles. The van der Waals surface area contributed by atoms with E-state index in [9.17, 15) is 14.0 Å². The molecule has 31 heavy (non-hydrogen) atoms. The molecule has 1 amide bonds. The molecule has 0 saturated heterocycles. The summed E-state index contributed by atoms with van der Waals surface area (Å²) in [6.45, 7) is 5.70.